The van der Waals surface area contributed by atoms with Crippen molar-refractivity contribution in [3.05, 3.63) is 80.3 Å². The number of nitriles is 1. The van der Waals surface area contributed by atoms with Crippen molar-refractivity contribution in [2.75, 3.05) is 6.61 Å². The van der Waals surface area contributed by atoms with Crippen LogP contribution in [-0.2, 0) is 20.1 Å². The lowest BCUT2D eigenvalue weighted by molar-refractivity contribution is 0.277. The van der Waals surface area contributed by atoms with Gasteiger partial charge >= 0.3 is 11.7 Å². The van der Waals surface area contributed by atoms with Gasteiger partial charge in [0.05, 0.1) is 23.9 Å². The monoisotopic (exact) mass is 446 g/mol. The number of pyridine rings is 1. The number of aromatic nitrogens is 5. The molecule has 0 radical (unpaired) electrons. The number of hydrogen-bond acceptors (Lipinski definition) is 7. The van der Waals surface area contributed by atoms with Crippen molar-refractivity contribution in [2.45, 2.75) is 26.4 Å². The van der Waals surface area contributed by atoms with Crippen LogP contribution in [0.25, 0.3) is 11.2 Å². The number of aliphatic hydroxyl groups is 1. The average Bonchev–Trinajstić information content (AvgIpc) is 3.17. The van der Waals surface area contributed by atoms with Gasteiger partial charge < -0.3 is 9.84 Å². The first-order valence-electron chi connectivity index (χ1n) is 10.3. The summed E-state index contributed by atoms with van der Waals surface area (Å²) in [5, 5.41) is 18.2. The molecule has 4 aromatic rings. The average molecular weight is 446 g/mol. The largest absolute Gasteiger partial charge is 0.425 e. The van der Waals surface area contributed by atoms with Crippen molar-refractivity contribution in [1.29, 1.82) is 5.26 Å². The van der Waals surface area contributed by atoms with Crippen LogP contribution in [0.4, 0.5) is 0 Å². The molecule has 0 aliphatic carbocycles. The zero-order valence-corrected chi connectivity index (χ0v) is 18.2. The molecule has 3 aromatic heterocycles. The Kier molecular flexibility index (Phi) is 6.06. The highest BCUT2D eigenvalue weighted by Gasteiger charge is 2.22. The molecule has 10 heteroatoms. The lowest BCUT2D eigenvalue weighted by Crippen LogP contribution is -2.39. The number of benzene rings is 1. The smallest absolute Gasteiger partial charge is 0.332 e. The third-order valence-electron chi connectivity index (χ3n) is 5.22. The van der Waals surface area contributed by atoms with Gasteiger partial charge in [0.1, 0.15) is 5.75 Å². The Hall–Kier alpha value is -4.23. The van der Waals surface area contributed by atoms with Gasteiger partial charge in [0.15, 0.2) is 11.2 Å². The molecule has 0 saturated heterocycles. The van der Waals surface area contributed by atoms with Crippen LogP contribution in [0.3, 0.4) is 0 Å². The molecule has 0 aliphatic rings. The molecule has 10 nitrogen and oxygen atoms in total. The van der Waals surface area contributed by atoms with E-state index in [1.165, 1.54) is 11.6 Å². The fraction of sp³-hybridized carbons (Fsp3) is 0.261. The summed E-state index contributed by atoms with van der Waals surface area (Å²) in [6.45, 7) is 2.05. The second kappa shape index (κ2) is 9.10. The maximum absolute atomic E-state index is 13.3. The predicted octanol–water partition coefficient (Wildman–Crippen LogP) is 1.69. The minimum Gasteiger partial charge on any atom is -0.425 e. The first-order valence-corrected chi connectivity index (χ1v) is 10.3. The van der Waals surface area contributed by atoms with Crippen LogP contribution in [0.1, 0.15) is 23.2 Å². The van der Waals surface area contributed by atoms with Crippen molar-refractivity contribution in [3.8, 4) is 17.8 Å². The highest BCUT2D eigenvalue weighted by Crippen LogP contribution is 2.25. The molecule has 33 heavy (non-hydrogen) atoms. The molecule has 168 valence electrons. The first kappa shape index (κ1) is 22.0. The zero-order chi connectivity index (χ0) is 23.5. The molecular formula is C23H22N6O4. The molecule has 3 heterocycles. The van der Waals surface area contributed by atoms with E-state index in [2.05, 4.69) is 9.97 Å². The third-order valence-corrected chi connectivity index (χ3v) is 5.22. The molecule has 4 rings (SSSR count). The Bertz CT molecular complexity index is 1460. The van der Waals surface area contributed by atoms with Crippen LogP contribution in [0.15, 0.2) is 52.2 Å². The molecular weight excluding hydrogens is 424 g/mol. The van der Waals surface area contributed by atoms with Gasteiger partial charge in [-0.1, -0.05) is 6.07 Å². The Labute approximate surface area is 188 Å². The van der Waals surface area contributed by atoms with Crippen LogP contribution in [-0.4, -0.2) is 35.4 Å². The summed E-state index contributed by atoms with van der Waals surface area (Å²) in [5.41, 5.74) is 1.49. The van der Waals surface area contributed by atoms with Crippen LogP contribution in [0.2, 0.25) is 0 Å². The van der Waals surface area contributed by atoms with Crippen molar-refractivity contribution in [1.82, 2.24) is 23.7 Å². The predicted molar refractivity (Wildman–Crippen MR) is 120 cm³/mol. The van der Waals surface area contributed by atoms with Gasteiger partial charge in [-0.25, -0.2) is 4.79 Å². The lowest BCUT2D eigenvalue weighted by atomic mass is 10.2. The Morgan fingerprint density at radius 3 is 2.52 bits per heavy atom. The molecule has 1 aromatic carbocycles. The molecule has 0 unspecified atom stereocenters. The molecule has 0 bridgehead atoms. The van der Waals surface area contributed by atoms with Gasteiger partial charge in [0, 0.05) is 26.4 Å². The van der Waals surface area contributed by atoms with Crippen LogP contribution < -0.4 is 16.0 Å². The molecule has 0 atom stereocenters. The van der Waals surface area contributed by atoms with Crippen LogP contribution in [0.5, 0.6) is 11.8 Å². The fourth-order valence-corrected chi connectivity index (χ4v) is 3.46. The number of ether oxygens (including phenoxy) is 1. The van der Waals surface area contributed by atoms with Crippen LogP contribution in [0, 0.1) is 18.3 Å². The van der Waals surface area contributed by atoms with E-state index in [-0.39, 0.29) is 43.3 Å². The standard InChI is InChI=1S/C23H22N6O4/c1-15-4-7-17(25-13-15)14-29-19-20(27(2)23(32)28(21(19)31)10-3-11-30)26-22(29)33-18-8-5-16(12-24)6-9-18/h4-9,13,30H,3,10-11,14H2,1-2H3. The van der Waals surface area contributed by atoms with Crippen molar-refractivity contribution in [3.63, 3.8) is 0 Å². The Morgan fingerprint density at radius 1 is 1.12 bits per heavy atom. The quantitative estimate of drug-likeness (QED) is 0.457. The Morgan fingerprint density at radius 2 is 1.88 bits per heavy atom. The van der Waals surface area contributed by atoms with E-state index in [1.54, 1.807) is 35.0 Å². The van der Waals surface area contributed by atoms with Crippen LogP contribution >= 0.6 is 0 Å². The number of aliphatic hydroxyl groups excluding tert-OH is 1. The minimum absolute atomic E-state index is 0.0811. The third kappa shape index (κ3) is 4.26. The van der Waals surface area contributed by atoms with Gasteiger partial charge in [0.2, 0.25) is 0 Å². The Balaban J connectivity index is 1.91. The van der Waals surface area contributed by atoms with Gasteiger partial charge in [-0.15, -0.1) is 0 Å². The number of fused-ring (bicyclic) bond motifs is 1. The van der Waals surface area contributed by atoms with Crippen molar-refractivity contribution < 1.29 is 9.84 Å². The fourth-order valence-electron chi connectivity index (χ4n) is 3.46. The number of imidazole rings is 1. The lowest BCUT2D eigenvalue weighted by Gasteiger charge is -2.11. The molecule has 0 amide bonds. The summed E-state index contributed by atoms with van der Waals surface area (Å²) in [6, 6.07) is 12.4. The van der Waals surface area contributed by atoms with E-state index < -0.39 is 11.2 Å². The molecule has 0 aliphatic heterocycles. The number of rotatable bonds is 7. The maximum atomic E-state index is 13.3. The summed E-state index contributed by atoms with van der Waals surface area (Å²) in [5.74, 6) is 0.424. The minimum atomic E-state index is -0.524. The van der Waals surface area contributed by atoms with E-state index in [4.69, 9.17) is 10.00 Å². The van der Waals surface area contributed by atoms with Gasteiger partial charge in [0.25, 0.3) is 5.56 Å². The van der Waals surface area contributed by atoms with Gasteiger partial charge in [-0.05, 0) is 49.2 Å². The topological polar surface area (TPSA) is 128 Å². The second-order valence-corrected chi connectivity index (χ2v) is 7.59. The van der Waals surface area contributed by atoms with E-state index in [9.17, 15) is 14.7 Å². The van der Waals surface area contributed by atoms with Crippen molar-refractivity contribution >= 4 is 11.2 Å². The summed E-state index contributed by atoms with van der Waals surface area (Å²) in [4.78, 5) is 35.0. The molecule has 1 N–H and O–H groups in total. The molecule has 0 fully saturated rings. The van der Waals surface area contributed by atoms with Gasteiger partial charge in [-0.3, -0.25) is 23.5 Å². The SMILES string of the molecule is Cc1ccc(Cn2c(Oc3ccc(C#N)cc3)nc3c2c(=O)n(CCCO)c(=O)n3C)nc1. The van der Waals surface area contributed by atoms with Crippen molar-refractivity contribution in [2.24, 2.45) is 7.05 Å². The zero-order valence-electron chi connectivity index (χ0n) is 18.2. The first-order chi connectivity index (χ1) is 15.9. The highest BCUT2D eigenvalue weighted by molar-refractivity contribution is 5.72. The maximum Gasteiger partial charge on any atom is 0.332 e. The van der Waals surface area contributed by atoms with Gasteiger partial charge in [-0.2, -0.15) is 10.2 Å². The summed E-state index contributed by atoms with van der Waals surface area (Å²) >= 11 is 0. The normalized spacial score (nSPS) is 11.0. The highest BCUT2D eigenvalue weighted by atomic mass is 16.5. The number of nitrogens with zero attached hydrogens (tertiary/aromatic N) is 6. The van der Waals surface area contributed by atoms with E-state index in [0.29, 0.717) is 17.0 Å². The molecule has 0 saturated carbocycles. The molecule has 0 spiro atoms. The second-order valence-electron chi connectivity index (χ2n) is 7.59. The van der Waals surface area contributed by atoms with E-state index in [1.807, 2.05) is 25.1 Å². The number of aryl methyl sites for hydroxylation is 2. The summed E-state index contributed by atoms with van der Waals surface area (Å²) in [7, 11) is 1.53. The summed E-state index contributed by atoms with van der Waals surface area (Å²) < 4.78 is 9.94. The van der Waals surface area contributed by atoms with E-state index >= 15 is 0 Å². The number of hydrogen-bond donors (Lipinski definition) is 1. The summed E-state index contributed by atoms with van der Waals surface area (Å²) in [6.07, 6.45) is 1.99. The van der Waals surface area contributed by atoms with E-state index in [0.717, 1.165) is 10.1 Å².